The van der Waals surface area contributed by atoms with Crippen molar-refractivity contribution in [1.29, 1.82) is 0 Å². The molecule has 0 aliphatic rings. The topological polar surface area (TPSA) is 29.5 Å². The van der Waals surface area contributed by atoms with Crippen molar-refractivity contribution in [2.75, 3.05) is 6.61 Å². The maximum Gasteiger partial charge on any atom is 0.127 e. The van der Waals surface area contributed by atoms with Crippen LogP contribution in [0.3, 0.4) is 0 Å². The maximum absolute atomic E-state index is 10.7. The Morgan fingerprint density at radius 3 is 1.97 bits per heavy atom. The van der Waals surface area contributed by atoms with Crippen LogP contribution in [0.1, 0.15) is 11.1 Å². The minimum Gasteiger partial charge on any atom is -0.507 e. The Kier molecular flexibility index (Phi) is 5.90. The minimum atomic E-state index is 0.245. The van der Waals surface area contributed by atoms with Gasteiger partial charge in [0.1, 0.15) is 18.1 Å². The molecule has 5 rings (SSSR count). The van der Waals surface area contributed by atoms with E-state index in [-0.39, 0.29) is 5.75 Å². The third-order valence-corrected chi connectivity index (χ3v) is 5.76. The fraction of sp³-hybridized carbons (Fsp3) is 0.0323. The first-order valence-electron chi connectivity index (χ1n) is 11.1. The lowest BCUT2D eigenvalue weighted by Crippen LogP contribution is -1.98. The van der Waals surface area contributed by atoms with E-state index in [4.69, 9.17) is 4.74 Å². The Morgan fingerprint density at radius 1 is 0.636 bits per heavy atom. The van der Waals surface area contributed by atoms with E-state index in [1.54, 1.807) is 6.07 Å². The van der Waals surface area contributed by atoms with Crippen LogP contribution in [0.5, 0.6) is 11.5 Å². The van der Waals surface area contributed by atoms with Gasteiger partial charge in [-0.1, -0.05) is 109 Å². The highest BCUT2D eigenvalue weighted by Crippen LogP contribution is 2.41. The fourth-order valence-electron chi connectivity index (χ4n) is 4.19. The quantitative estimate of drug-likeness (QED) is 0.300. The van der Waals surface area contributed by atoms with E-state index >= 15 is 0 Å². The van der Waals surface area contributed by atoms with Gasteiger partial charge in [-0.3, -0.25) is 0 Å². The molecule has 5 aromatic carbocycles. The molecule has 33 heavy (non-hydrogen) atoms. The van der Waals surface area contributed by atoms with E-state index in [1.807, 2.05) is 84.9 Å². The molecule has 0 saturated heterocycles. The first kappa shape index (κ1) is 20.6. The molecule has 5 aromatic rings. The van der Waals surface area contributed by atoms with Crippen molar-refractivity contribution in [2.45, 2.75) is 0 Å². The zero-order valence-electron chi connectivity index (χ0n) is 18.2. The number of hydrogen-bond donors (Lipinski definition) is 1. The van der Waals surface area contributed by atoms with E-state index in [1.165, 1.54) is 0 Å². The molecule has 0 saturated carbocycles. The fourth-order valence-corrected chi connectivity index (χ4v) is 4.19. The van der Waals surface area contributed by atoms with Gasteiger partial charge in [-0.15, -0.1) is 0 Å². The van der Waals surface area contributed by atoms with Crippen LogP contribution in [0.15, 0.2) is 127 Å². The number of hydrogen-bond acceptors (Lipinski definition) is 2. The summed E-state index contributed by atoms with van der Waals surface area (Å²) in [5.74, 6) is 0.982. The highest BCUT2D eigenvalue weighted by atomic mass is 16.5. The molecule has 0 amide bonds. The van der Waals surface area contributed by atoms with Crippen molar-refractivity contribution in [1.82, 2.24) is 0 Å². The molecule has 0 unspecified atom stereocenters. The van der Waals surface area contributed by atoms with Gasteiger partial charge >= 0.3 is 0 Å². The predicted octanol–water partition coefficient (Wildman–Crippen LogP) is 7.72. The average Bonchev–Trinajstić information content (AvgIpc) is 2.88. The smallest absolute Gasteiger partial charge is 0.127 e. The highest BCUT2D eigenvalue weighted by molar-refractivity contribution is 6.00. The largest absolute Gasteiger partial charge is 0.507 e. The number of para-hydroxylation sites is 1. The van der Waals surface area contributed by atoms with Crippen LogP contribution in [-0.2, 0) is 0 Å². The van der Waals surface area contributed by atoms with Crippen LogP contribution >= 0.6 is 0 Å². The van der Waals surface area contributed by atoms with E-state index in [0.717, 1.165) is 44.3 Å². The van der Waals surface area contributed by atoms with Crippen LogP contribution in [0, 0.1) is 0 Å². The molecular weight excluding hydrogens is 404 g/mol. The summed E-state index contributed by atoms with van der Waals surface area (Å²) in [6.07, 6.45) is 2.12. The number of ether oxygens (including phenoxy) is 1. The zero-order chi connectivity index (χ0) is 22.5. The summed E-state index contributed by atoms with van der Waals surface area (Å²) in [7, 11) is 0. The molecule has 1 N–H and O–H groups in total. The average molecular weight is 429 g/mol. The first-order chi connectivity index (χ1) is 16.3. The second-order valence-corrected chi connectivity index (χ2v) is 7.84. The second kappa shape index (κ2) is 9.46. The van der Waals surface area contributed by atoms with E-state index in [2.05, 4.69) is 36.4 Å². The van der Waals surface area contributed by atoms with Gasteiger partial charge in [0.05, 0.1) is 0 Å². The number of phenolic OH excluding ortho intramolecular Hbond substituents is 1. The maximum atomic E-state index is 10.7. The number of benzene rings is 5. The summed E-state index contributed by atoms with van der Waals surface area (Å²) in [6.45, 7) is 0.404. The van der Waals surface area contributed by atoms with Crippen molar-refractivity contribution in [3.8, 4) is 22.6 Å². The van der Waals surface area contributed by atoms with E-state index in [9.17, 15) is 5.11 Å². The minimum absolute atomic E-state index is 0.245. The predicted molar refractivity (Wildman–Crippen MR) is 137 cm³/mol. The Labute approximate surface area is 194 Å². The third kappa shape index (κ3) is 4.37. The van der Waals surface area contributed by atoms with Crippen molar-refractivity contribution < 1.29 is 9.84 Å². The third-order valence-electron chi connectivity index (χ3n) is 5.76. The summed E-state index contributed by atoms with van der Waals surface area (Å²) in [5.41, 5.74) is 5.08. The molecule has 0 aromatic heterocycles. The highest BCUT2D eigenvalue weighted by Gasteiger charge is 2.14. The summed E-state index contributed by atoms with van der Waals surface area (Å²) in [4.78, 5) is 0. The van der Waals surface area contributed by atoms with Gasteiger partial charge in [0.2, 0.25) is 0 Å². The van der Waals surface area contributed by atoms with Gasteiger partial charge < -0.3 is 9.84 Å². The van der Waals surface area contributed by atoms with Crippen molar-refractivity contribution in [3.05, 3.63) is 139 Å². The molecule has 160 valence electrons. The zero-order valence-corrected chi connectivity index (χ0v) is 18.2. The summed E-state index contributed by atoms with van der Waals surface area (Å²) in [6, 6.07) is 40.3. The molecule has 0 fully saturated rings. The van der Waals surface area contributed by atoms with Gasteiger partial charge in [0.15, 0.2) is 0 Å². The van der Waals surface area contributed by atoms with Crippen LogP contribution in [0.2, 0.25) is 0 Å². The number of phenols is 1. The molecule has 0 bridgehead atoms. The molecule has 2 heteroatoms. The van der Waals surface area contributed by atoms with Crippen LogP contribution in [-0.4, -0.2) is 11.7 Å². The molecule has 0 atom stereocenters. The molecule has 0 aliphatic heterocycles. The molecule has 0 radical (unpaired) electrons. The molecule has 2 nitrogen and oxygen atoms in total. The SMILES string of the molecule is Oc1ccc2ccccc2c1-c1ccccc1OCC=C(c1ccccc1)c1ccccc1. The molecule has 0 spiro atoms. The van der Waals surface area contributed by atoms with E-state index < -0.39 is 0 Å². The number of rotatable bonds is 6. The van der Waals surface area contributed by atoms with Crippen molar-refractivity contribution >= 4 is 16.3 Å². The van der Waals surface area contributed by atoms with Gasteiger partial charge in [0, 0.05) is 11.1 Å². The first-order valence-corrected chi connectivity index (χ1v) is 11.1. The molecule has 0 heterocycles. The Balaban J connectivity index is 1.51. The molecule has 0 aliphatic carbocycles. The summed E-state index contributed by atoms with van der Waals surface area (Å²) >= 11 is 0. The van der Waals surface area contributed by atoms with Crippen molar-refractivity contribution in [3.63, 3.8) is 0 Å². The Bertz CT molecular complexity index is 1360. The lowest BCUT2D eigenvalue weighted by atomic mass is 9.96. The normalized spacial score (nSPS) is 10.7. The Hall–Kier alpha value is -4.30. The van der Waals surface area contributed by atoms with Crippen LogP contribution < -0.4 is 4.74 Å². The van der Waals surface area contributed by atoms with Crippen LogP contribution in [0.4, 0.5) is 0 Å². The molecular formula is C31H24O2. The number of fused-ring (bicyclic) bond motifs is 1. The second-order valence-electron chi connectivity index (χ2n) is 7.84. The van der Waals surface area contributed by atoms with Gasteiger partial charge in [-0.2, -0.15) is 0 Å². The van der Waals surface area contributed by atoms with Gasteiger partial charge in [-0.25, -0.2) is 0 Å². The standard InChI is InChI=1S/C31H24O2/c32-29-20-19-25-15-7-8-16-27(25)31(29)28-17-9-10-18-30(28)33-22-21-26(23-11-3-1-4-12-23)24-13-5-2-6-14-24/h1-21,32H,22H2. The van der Waals surface area contributed by atoms with Gasteiger partial charge in [-0.05, 0) is 45.7 Å². The van der Waals surface area contributed by atoms with Crippen LogP contribution in [0.25, 0.3) is 27.5 Å². The lowest BCUT2D eigenvalue weighted by Gasteiger charge is -2.15. The lowest BCUT2D eigenvalue weighted by molar-refractivity contribution is 0.364. The van der Waals surface area contributed by atoms with E-state index in [0.29, 0.717) is 6.61 Å². The Morgan fingerprint density at radius 2 is 1.24 bits per heavy atom. The monoisotopic (exact) mass is 428 g/mol. The van der Waals surface area contributed by atoms with Gasteiger partial charge in [0.25, 0.3) is 0 Å². The van der Waals surface area contributed by atoms with Crippen molar-refractivity contribution in [2.24, 2.45) is 0 Å². The summed E-state index contributed by atoms with van der Waals surface area (Å²) < 4.78 is 6.28. The summed E-state index contributed by atoms with van der Waals surface area (Å²) in [5, 5.41) is 12.8. The number of aromatic hydroxyl groups is 1.